The highest BCUT2D eigenvalue weighted by molar-refractivity contribution is 8.14. The molecule has 1 amide bonds. The molecule has 1 aliphatic rings. The number of hydrogen-bond acceptors (Lipinski definition) is 4. The number of rotatable bonds is 2. The van der Waals surface area contributed by atoms with Crippen molar-refractivity contribution in [2.45, 2.75) is 18.6 Å². The second-order valence-corrected chi connectivity index (χ2v) is 5.24. The molecule has 0 aromatic carbocycles. The van der Waals surface area contributed by atoms with Crippen molar-refractivity contribution in [1.29, 1.82) is 0 Å². The zero-order valence-corrected chi connectivity index (χ0v) is 10.0. The molecule has 2 rings (SSSR count). The Kier molecular flexibility index (Phi) is 3.42. The molecule has 1 aromatic heterocycles. The molecule has 0 aliphatic carbocycles. The highest BCUT2D eigenvalue weighted by Crippen LogP contribution is 2.29. The molecule has 0 N–H and O–H groups in total. The van der Waals surface area contributed by atoms with Crippen LogP contribution in [-0.2, 0) is 9.59 Å². The monoisotopic (exact) mass is 254 g/mol. The molecule has 0 radical (unpaired) electrons. The Balaban J connectivity index is 2.16. The summed E-state index contributed by atoms with van der Waals surface area (Å²) >= 11 is 1.13. The maximum absolute atomic E-state index is 13.5. The summed E-state index contributed by atoms with van der Waals surface area (Å²) in [6.45, 7) is 1.83. The fraction of sp³-hybridized carbons (Fsp3) is 0.364. The van der Waals surface area contributed by atoms with Crippen molar-refractivity contribution in [2.24, 2.45) is 0 Å². The quantitative estimate of drug-likeness (QED) is 0.804. The summed E-state index contributed by atoms with van der Waals surface area (Å²) in [7, 11) is 0. The summed E-state index contributed by atoms with van der Waals surface area (Å²) in [5.74, 6) is -0.678. The third-order valence-electron chi connectivity index (χ3n) is 2.46. The highest BCUT2D eigenvalue weighted by Gasteiger charge is 2.33. The van der Waals surface area contributed by atoms with E-state index in [1.165, 1.54) is 24.1 Å². The highest BCUT2D eigenvalue weighted by atomic mass is 32.2. The van der Waals surface area contributed by atoms with Gasteiger partial charge in [0.2, 0.25) is 5.91 Å². The second-order valence-electron chi connectivity index (χ2n) is 3.77. The molecule has 17 heavy (non-hydrogen) atoms. The first-order chi connectivity index (χ1) is 8.08. The Morgan fingerprint density at radius 3 is 3.06 bits per heavy atom. The van der Waals surface area contributed by atoms with Gasteiger partial charge in [-0.2, -0.15) is 0 Å². The number of aromatic nitrogens is 1. The average molecular weight is 254 g/mol. The number of amides is 1. The molecule has 1 aromatic rings. The summed E-state index contributed by atoms with van der Waals surface area (Å²) in [4.78, 5) is 27.7. The second kappa shape index (κ2) is 4.83. The van der Waals surface area contributed by atoms with Gasteiger partial charge in [-0.15, -0.1) is 0 Å². The van der Waals surface area contributed by atoms with Crippen LogP contribution in [0.4, 0.5) is 10.1 Å². The van der Waals surface area contributed by atoms with Crippen LogP contribution in [-0.4, -0.2) is 27.8 Å². The predicted octanol–water partition coefficient (Wildman–Crippen LogP) is 1.61. The number of hydrogen-bond donors (Lipinski definition) is 0. The van der Waals surface area contributed by atoms with Gasteiger partial charge in [-0.25, -0.2) is 4.39 Å². The molecule has 90 valence electrons. The van der Waals surface area contributed by atoms with Crippen molar-refractivity contribution < 1.29 is 14.0 Å². The molecule has 4 nitrogen and oxygen atoms in total. The molecule has 1 unspecified atom stereocenters. The molecular formula is C11H11FN2O2S. The Hall–Kier alpha value is -1.43. The number of anilines is 1. The molecule has 1 saturated heterocycles. The van der Waals surface area contributed by atoms with Gasteiger partial charge in [0.05, 0.1) is 11.9 Å². The summed E-state index contributed by atoms with van der Waals surface area (Å²) in [6.07, 6.45) is 2.79. The minimum Gasteiger partial charge on any atom is -0.308 e. The van der Waals surface area contributed by atoms with Gasteiger partial charge < -0.3 is 4.90 Å². The Morgan fingerprint density at radius 1 is 1.65 bits per heavy atom. The molecule has 0 bridgehead atoms. The van der Waals surface area contributed by atoms with Crippen LogP contribution in [0.25, 0.3) is 0 Å². The first kappa shape index (κ1) is 12.0. The van der Waals surface area contributed by atoms with E-state index in [0.29, 0.717) is 6.54 Å². The van der Waals surface area contributed by atoms with Crippen molar-refractivity contribution in [3.8, 4) is 0 Å². The summed E-state index contributed by atoms with van der Waals surface area (Å²) < 4.78 is 13.5. The van der Waals surface area contributed by atoms with E-state index in [9.17, 15) is 14.0 Å². The minimum absolute atomic E-state index is 0.0279. The van der Waals surface area contributed by atoms with Gasteiger partial charge in [0.1, 0.15) is 0 Å². The zero-order valence-electron chi connectivity index (χ0n) is 9.22. The van der Waals surface area contributed by atoms with Crippen molar-refractivity contribution in [3.63, 3.8) is 0 Å². The van der Waals surface area contributed by atoms with Crippen LogP contribution >= 0.6 is 11.8 Å². The lowest BCUT2D eigenvalue weighted by molar-refractivity contribution is -0.117. The Labute approximate surface area is 102 Å². The maximum Gasteiger partial charge on any atom is 0.228 e. The minimum atomic E-state index is -0.519. The van der Waals surface area contributed by atoms with E-state index in [0.717, 1.165) is 18.0 Å². The van der Waals surface area contributed by atoms with E-state index in [1.54, 1.807) is 0 Å². The smallest absolute Gasteiger partial charge is 0.228 e. The Bertz CT molecular complexity index is 467. The van der Waals surface area contributed by atoms with Gasteiger partial charge in [-0.1, -0.05) is 11.8 Å². The molecule has 6 heteroatoms. The van der Waals surface area contributed by atoms with Crippen LogP contribution in [0, 0.1) is 5.82 Å². The van der Waals surface area contributed by atoms with Crippen molar-refractivity contribution in [3.05, 3.63) is 24.3 Å². The van der Waals surface area contributed by atoms with Crippen LogP contribution in [0.15, 0.2) is 18.5 Å². The van der Waals surface area contributed by atoms with E-state index in [2.05, 4.69) is 4.98 Å². The van der Waals surface area contributed by atoms with E-state index < -0.39 is 5.82 Å². The summed E-state index contributed by atoms with van der Waals surface area (Å²) in [5, 5.41) is -0.118. The van der Waals surface area contributed by atoms with E-state index in [4.69, 9.17) is 0 Å². The molecule has 1 atom stereocenters. The normalized spacial score (nSPS) is 19.8. The molecule has 1 fully saturated rings. The number of pyridine rings is 1. The van der Waals surface area contributed by atoms with E-state index in [-0.39, 0.29) is 28.4 Å². The fourth-order valence-electron chi connectivity index (χ4n) is 1.81. The number of carbonyl (C=O) groups is 2. The van der Waals surface area contributed by atoms with E-state index in [1.807, 2.05) is 0 Å². The van der Waals surface area contributed by atoms with Crippen LogP contribution in [0.5, 0.6) is 0 Å². The van der Waals surface area contributed by atoms with Crippen molar-refractivity contribution in [1.82, 2.24) is 4.98 Å². The number of nitrogens with zero attached hydrogens (tertiary/aromatic N) is 2. The fourth-order valence-corrected chi connectivity index (χ4v) is 2.73. The van der Waals surface area contributed by atoms with Gasteiger partial charge in [-0.3, -0.25) is 14.6 Å². The third-order valence-corrected chi connectivity index (χ3v) is 3.45. The van der Waals surface area contributed by atoms with Crippen LogP contribution < -0.4 is 4.90 Å². The molecular weight excluding hydrogens is 243 g/mol. The summed E-state index contributed by atoms with van der Waals surface area (Å²) in [6, 6.07) is 1.47. The Morgan fingerprint density at radius 2 is 2.41 bits per heavy atom. The lowest BCUT2D eigenvalue weighted by Crippen LogP contribution is -2.26. The van der Waals surface area contributed by atoms with Gasteiger partial charge in [0, 0.05) is 31.3 Å². The van der Waals surface area contributed by atoms with Gasteiger partial charge >= 0.3 is 0 Å². The zero-order chi connectivity index (χ0) is 12.4. The molecule has 2 heterocycles. The average Bonchev–Trinajstić information content (AvgIpc) is 2.59. The maximum atomic E-state index is 13.5. The first-order valence-corrected chi connectivity index (χ1v) is 6.03. The number of thioether (sulfide) groups is 1. The standard InChI is InChI=1S/C11H11FN2O2S/c1-7(15)17-8-4-11(16)14(6-8)10-2-3-13-5-9(10)12/h2-3,5,8H,4,6H2,1H3. The lowest BCUT2D eigenvalue weighted by Gasteiger charge is -2.16. The first-order valence-electron chi connectivity index (χ1n) is 5.15. The molecule has 0 saturated carbocycles. The third kappa shape index (κ3) is 2.63. The number of carbonyl (C=O) groups excluding carboxylic acids is 2. The predicted molar refractivity (Wildman–Crippen MR) is 63.2 cm³/mol. The van der Waals surface area contributed by atoms with Crippen LogP contribution in [0.3, 0.4) is 0 Å². The van der Waals surface area contributed by atoms with Crippen LogP contribution in [0.2, 0.25) is 0 Å². The van der Waals surface area contributed by atoms with E-state index >= 15 is 0 Å². The SMILES string of the molecule is CC(=O)SC1CC(=O)N(c2ccncc2F)C1. The molecule has 1 aliphatic heterocycles. The van der Waals surface area contributed by atoms with Gasteiger partial charge in [-0.05, 0) is 6.07 Å². The molecule has 0 spiro atoms. The van der Waals surface area contributed by atoms with Crippen molar-refractivity contribution in [2.75, 3.05) is 11.4 Å². The van der Waals surface area contributed by atoms with Crippen molar-refractivity contribution >= 4 is 28.5 Å². The van der Waals surface area contributed by atoms with Gasteiger partial charge in [0.15, 0.2) is 10.9 Å². The summed E-state index contributed by atoms with van der Waals surface area (Å²) in [5.41, 5.74) is 0.233. The topological polar surface area (TPSA) is 50.3 Å². The lowest BCUT2D eigenvalue weighted by atomic mass is 10.3. The largest absolute Gasteiger partial charge is 0.308 e. The van der Waals surface area contributed by atoms with Crippen LogP contribution in [0.1, 0.15) is 13.3 Å². The number of halogens is 1. The van der Waals surface area contributed by atoms with Gasteiger partial charge in [0.25, 0.3) is 0 Å².